The summed E-state index contributed by atoms with van der Waals surface area (Å²) in [6.45, 7) is 0. The molecule has 248 valence electrons. The van der Waals surface area contributed by atoms with E-state index in [9.17, 15) is 0 Å². The van der Waals surface area contributed by atoms with Crippen LogP contribution in [0.3, 0.4) is 0 Å². The molecule has 2 heterocycles. The van der Waals surface area contributed by atoms with Gasteiger partial charge in [0.2, 0.25) is 0 Å². The molecule has 0 unspecified atom stereocenters. The molecule has 0 radical (unpaired) electrons. The molecule has 0 N–H and O–H groups in total. The van der Waals surface area contributed by atoms with Crippen LogP contribution in [0.2, 0.25) is 0 Å². The maximum atomic E-state index is 6.89. The summed E-state index contributed by atoms with van der Waals surface area (Å²) < 4.78 is 9.52. The van der Waals surface area contributed by atoms with Gasteiger partial charge in [0.05, 0.1) is 11.4 Å². The molecule has 2 nitrogen and oxygen atoms in total. The third-order valence-corrected chi connectivity index (χ3v) is 11.8. The number of anilines is 3. The first kappa shape index (κ1) is 30.0. The van der Waals surface area contributed by atoms with Crippen molar-refractivity contribution in [2.24, 2.45) is 0 Å². The van der Waals surface area contributed by atoms with Crippen molar-refractivity contribution in [3.63, 3.8) is 0 Å². The van der Waals surface area contributed by atoms with E-state index in [2.05, 4.69) is 187 Å². The van der Waals surface area contributed by atoms with E-state index in [1.807, 2.05) is 17.4 Å². The van der Waals surface area contributed by atoms with Gasteiger partial charge < -0.3 is 9.32 Å². The van der Waals surface area contributed by atoms with Crippen LogP contribution in [0.4, 0.5) is 17.1 Å². The highest BCUT2D eigenvalue weighted by atomic mass is 32.1. The van der Waals surface area contributed by atoms with Gasteiger partial charge >= 0.3 is 0 Å². The van der Waals surface area contributed by atoms with Crippen LogP contribution >= 0.6 is 11.3 Å². The van der Waals surface area contributed by atoms with Crippen LogP contribution < -0.4 is 4.90 Å². The van der Waals surface area contributed by atoms with E-state index in [4.69, 9.17) is 4.42 Å². The van der Waals surface area contributed by atoms with Crippen molar-refractivity contribution in [1.82, 2.24) is 0 Å². The van der Waals surface area contributed by atoms with Crippen LogP contribution in [0, 0.1) is 0 Å². The number of nitrogens with zero attached hydrogens (tertiary/aromatic N) is 1. The highest BCUT2D eigenvalue weighted by Gasteiger charge is 2.26. The molecule has 0 aliphatic heterocycles. The lowest BCUT2D eigenvalue weighted by molar-refractivity contribution is 0.669. The molecule has 53 heavy (non-hydrogen) atoms. The van der Waals surface area contributed by atoms with E-state index in [-0.39, 0.29) is 0 Å². The summed E-state index contributed by atoms with van der Waals surface area (Å²) in [4.78, 5) is 2.43. The van der Waals surface area contributed by atoms with Gasteiger partial charge in [0.1, 0.15) is 5.58 Å². The zero-order valence-corrected chi connectivity index (χ0v) is 29.5. The maximum absolute atomic E-state index is 6.89. The zero-order chi connectivity index (χ0) is 34.9. The molecule has 0 fully saturated rings. The van der Waals surface area contributed by atoms with E-state index in [1.165, 1.54) is 52.8 Å². The summed E-state index contributed by atoms with van der Waals surface area (Å²) in [6.07, 6.45) is 0. The Labute approximate surface area is 310 Å². The van der Waals surface area contributed by atoms with Gasteiger partial charge in [-0.15, -0.1) is 11.3 Å². The Hall–Kier alpha value is -6.68. The average Bonchev–Trinajstić information content (AvgIpc) is 3.80. The number of furan rings is 1. The Balaban J connectivity index is 1.20. The van der Waals surface area contributed by atoms with Gasteiger partial charge in [-0.05, 0) is 81.4 Å². The van der Waals surface area contributed by atoms with Crippen molar-refractivity contribution in [2.75, 3.05) is 4.90 Å². The second-order valence-electron chi connectivity index (χ2n) is 13.7. The lowest BCUT2D eigenvalue weighted by Gasteiger charge is -2.30. The number of hydrogen-bond donors (Lipinski definition) is 0. The molecule has 0 spiro atoms. The standard InChI is InChI=1S/C50H31NOS/c1-2-12-33(13-3-1)38-27-28-43-41-18-8-10-20-46(41)52-50(43)49(38)51(45-31-35-14-4-5-15-37(35)39-16-6-7-17-40(39)45)36-25-22-32(23-26-36)34-24-29-48-44(30-34)42-19-9-11-21-47(42)53-48/h1-31H. The first-order valence-electron chi connectivity index (χ1n) is 18.0. The molecule has 2 aromatic heterocycles. The summed E-state index contributed by atoms with van der Waals surface area (Å²) in [7, 11) is 0. The van der Waals surface area contributed by atoms with Crippen LogP contribution in [-0.4, -0.2) is 0 Å². The number of thiophene rings is 1. The van der Waals surface area contributed by atoms with Gasteiger partial charge in [-0.2, -0.15) is 0 Å². The lowest BCUT2D eigenvalue weighted by atomic mass is 9.96. The molecule has 0 saturated heterocycles. The molecule has 0 atom stereocenters. The fraction of sp³-hybridized carbons (Fsp3) is 0. The minimum absolute atomic E-state index is 0.864. The lowest BCUT2D eigenvalue weighted by Crippen LogP contribution is -2.12. The zero-order valence-electron chi connectivity index (χ0n) is 28.7. The number of fused-ring (bicyclic) bond motifs is 9. The van der Waals surface area contributed by atoms with Crippen LogP contribution in [0.1, 0.15) is 0 Å². The summed E-state index contributed by atoms with van der Waals surface area (Å²) in [5, 5.41) is 9.65. The average molecular weight is 694 g/mol. The summed E-state index contributed by atoms with van der Waals surface area (Å²) in [5.41, 5.74) is 9.54. The maximum Gasteiger partial charge on any atom is 0.160 e. The van der Waals surface area contributed by atoms with E-state index in [0.717, 1.165) is 50.1 Å². The highest BCUT2D eigenvalue weighted by Crippen LogP contribution is 2.50. The van der Waals surface area contributed by atoms with Gasteiger partial charge in [0, 0.05) is 47.6 Å². The van der Waals surface area contributed by atoms with Crippen LogP contribution in [0.15, 0.2) is 192 Å². The van der Waals surface area contributed by atoms with Gasteiger partial charge in [-0.1, -0.05) is 140 Å². The fourth-order valence-electron chi connectivity index (χ4n) is 8.16. The van der Waals surface area contributed by atoms with Gasteiger partial charge in [0.15, 0.2) is 5.58 Å². The normalized spacial score (nSPS) is 11.8. The SMILES string of the molecule is c1ccc(-c2ccc3c(oc4ccccc43)c2N(c2ccc(-c3ccc4sc5ccccc5c4c3)cc2)c2cc3ccccc3c3ccccc23)cc1. The third kappa shape index (κ3) is 4.78. The van der Waals surface area contributed by atoms with Crippen molar-refractivity contribution in [3.8, 4) is 22.3 Å². The number of rotatable bonds is 5. The Bertz CT molecular complexity index is 3170. The number of para-hydroxylation sites is 1. The minimum atomic E-state index is 0.864. The van der Waals surface area contributed by atoms with E-state index in [0.29, 0.717) is 0 Å². The van der Waals surface area contributed by atoms with Crippen molar-refractivity contribution in [3.05, 3.63) is 188 Å². The van der Waals surface area contributed by atoms with E-state index >= 15 is 0 Å². The first-order chi connectivity index (χ1) is 26.3. The highest BCUT2D eigenvalue weighted by molar-refractivity contribution is 7.25. The predicted octanol–water partition coefficient (Wildman–Crippen LogP) is 15.1. The van der Waals surface area contributed by atoms with Gasteiger partial charge in [-0.25, -0.2) is 0 Å². The smallest absolute Gasteiger partial charge is 0.160 e. The second kappa shape index (κ2) is 11.9. The monoisotopic (exact) mass is 693 g/mol. The van der Waals surface area contributed by atoms with E-state index in [1.54, 1.807) is 0 Å². The van der Waals surface area contributed by atoms with Crippen LogP contribution in [0.5, 0.6) is 0 Å². The molecule has 0 aliphatic rings. The minimum Gasteiger partial charge on any atom is -0.454 e. The van der Waals surface area contributed by atoms with Crippen LogP contribution in [-0.2, 0) is 0 Å². The Morgan fingerprint density at radius 2 is 1.06 bits per heavy atom. The van der Waals surface area contributed by atoms with Crippen molar-refractivity contribution in [1.29, 1.82) is 0 Å². The molecule has 0 aliphatic carbocycles. The van der Waals surface area contributed by atoms with Crippen molar-refractivity contribution < 1.29 is 4.42 Å². The molecular weight excluding hydrogens is 663 g/mol. The summed E-state index contributed by atoms with van der Waals surface area (Å²) >= 11 is 1.85. The third-order valence-electron chi connectivity index (χ3n) is 10.7. The predicted molar refractivity (Wildman–Crippen MR) is 227 cm³/mol. The second-order valence-corrected chi connectivity index (χ2v) is 14.7. The van der Waals surface area contributed by atoms with E-state index < -0.39 is 0 Å². The summed E-state index contributed by atoms with van der Waals surface area (Å²) in [5.74, 6) is 0. The number of hydrogen-bond acceptors (Lipinski definition) is 3. The van der Waals surface area contributed by atoms with Crippen molar-refractivity contribution in [2.45, 2.75) is 0 Å². The molecule has 0 saturated carbocycles. The molecule has 0 amide bonds. The topological polar surface area (TPSA) is 16.4 Å². The van der Waals surface area contributed by atoms with Gasteiger partial charge in [0.25, 0.3) is 0 Å². The molecule has 3 heteroatoms. The Morgan fingerprint density at radius 1 is 0.396 bits per heavy atom. The quantitative estimate of drug-likeness (QED) is 0.167. The van der Waals surface area contributed by atoms with Gasteiger partial charge in [-0.3, -0.25) is 0 Å². The summed E-state index contributed by atoms with van der Waals surface area (Å²) in [6, 6.07) is 68.0. The van der Waals surface area contributed by atoms with Crippen LogP contribution in [0.25, 0.3) is 85.9 Å². The molecule has 11 aromatic rings. The molecular formula is C50H31NOS. The van der Waals surface area contributed by atoms with Crippen molar-refractivity contribution >= 4 is 92.1 Å². The Morgan fingerprint density at radius 3 is 1.91 bits per heavy atom. The molecule has 9 aromatic carbocycles. The largest absolute Gasteiger partial charge is 0.454 e. The Kier molecular flexibility index (Phi) is 6.76. The molecule has 11 rings (SSSR count). The molecule has 0 bridgehead atoms. The fourth-order valence-corrected chi connectivity index (χ4v) is 9.25. The number of benzene rings is 9. The first-order valence-corrected chi connectivity index (χ1v) is 18.8.